The third-order valence-electron chi connectivity index (χ3n) is 5.07. The van der Waals surface area contributed by atoms with Crippen molar-refractivity contribution in [2.45, 2.75) is 38.1 Å². The van der Waals surface area contributed by atoms with Crippen molar-refractivity contribution in [3.8, 4) is 0 Å². The van der Waals surface area contributed by atoms with Crippen LogP contribution in [0.15, 0.2) is 24.3 Å². The Balaban J connectivity index is 1.59. The zero-order valence-electron chi connectivity index (χ0n) is 12.4. The minimum Gasteiger partial charge on any atom is -0.351 e. The summed E-state index contributed by atoms with van der Waals surface area (Å²) in [6.07, 6.45) is 6.57. The molecule has 0 aliphatic carbocycles. The van der Waals surface area contributed by atoms with Crippen LogP contribution in [0.4, 0.5) is 0 Å². The number of piperidine rings is 2. The second kappa shape index (κ2) is 6.80. The van der Waals surface area contributed by atoms with Crippen molar-refractivity contribution in [3.63, 3.8) is 0 Å². The predicted molar refractivity (Wildman–Crippen MR) is 84.8 cm³/mol. The minimum absolute atomic E-state index is 0.0384. The van der Waals surface area contributed by atoms with Crippen LogP contribution < -0.4 is 10.2 Å². The molecular formula is C17H24ClN2O+. The molecule has 2 heterocycles. The van der Waals surface area contributed by atoms with E-state index in [-0.39, 0.29) is 5.91 Å². The Kier molecular flexibility index (Phi) is 4.81. The molecule has 0 radical (unpaired) electrons. The van der Waals surface area contributed by atoms with Crippen LogP contribution in [-0.2, 0) is 0 Å². The van der Waals surface area contributed by atoms with Crippen molar-refractivity contribution in [1.82, 2.24) is 5.32 Å². The highest BCUT2D eigenvalue weighted by molar-refractivity contribution is 6.33. The average Bonchev–Trinajstić information content (AvgIpc) is 2.53. The van der Waals surface area contributed by atoms with Crippen LogP contribution in [0.2, 0.25) is 5.02 Å². The smallest absolute Gasteiger partial charge is 0.252 e. The minimum atomic E-state index is -0.0384. The third kappa shape index (κ3) is 3.41. The van der Waals surface area contributed by atoms with Crippen molar-refractivity contribution >= 4 is 17.5 Å². The summed E-state index contributed by atoms with van der Waals surface area (Å²) in [4.78, 5) is 14.0. The number of amides is 1. The van der Waals surface area contributed by atoms with E-state index >= 15 is 0 Å². The summed E-state index contributed by atoms with van der Waals surface area (Å²) in [5.41, 5.74) is 0.586. The molecule has 2 N–H and O–H groups in total. The first-order valence-electron chi connectivity index (χ1n) is 8.13. The quantitative estimate of drug-likeness (QED) is 0.879. The Hall–Kier alpha value is -1.06. The van der Waals surface area contributed by atoms with Crippen LogP contribution in [0.25, 0.3) is 0 Å². The largest absolute Gasteiger partial charge is 0.351 e. The van der Waals surface area contributed by atoms with Crippen LogP contribution in [0, 0.1) is 5.92 Å². The van der Waals surface area contributed by atoms with Gasteiger partial charge in [0.1, 0.15) is 0 Å². The maximum Gasteiger partial charge on any atom is 0.252 e. The molecule has 0 spiro atoms. The number of rotatable bonds is 3. The van der Waals surface area contributed by atoms with E-state index in [2.05, 4.69) is 5.32 Å². The Bertz CT molecular complexity index is 503. The number of benzene rings is 1. The highest BCUT2D eigenvalue weighted by atomic mass is 35.5. The van der Waals surface area contributed by atoms with Gasteiger partial charge >= 0.3 is 0 Å². The lowest BCUT2D eigenvalue weighted by molar-refractivity contribution is -0.939. The second-order valence-corrected chi connectivity index (χ2v) is 6.76. The fourth-order valence-corrected chi connectivity index (χ4v) is 4.21. The van der Waals surface area contributed by atoms with E-state index in [1.165, 1.54) is 45.2 Å². The number of nitrogens with one attached hydrogen (secondary N) is 2. The molecule has 0 bridgehead atoms. The summed E-state index contributed by atoms with van der Waals surface area (Å²) in [6, 6.07) is 8.01. The van der Waals surface area contributed by atoms with Gasteiger partial charge in [-0.3, -0.25) is 4.79 Å². The number of carbonyl (C=O) groups is 1. The van der Waals surface area contributed by atoms with E-state index in [9.17, 15) is 4.79 Å². The van der Waals surface area contributed by atoms with Crippen LogP contribution in [0.1, 0.15) is 42.5 Å². The van der Waals surface area contributed by atoms with Gasteiger partial charge in [-0.1, -0.05) is 23.7 Å². The molecule has 2 saturated heterocycles. The first-order chi connectivity index (χ1) is 10.3. The molecule has 0 aromatic heterocycles. The summed E-state index contributed by atoms with van der Waals surface area (Å²) in [7, 11) is 0. The first-order valence-corrected chi connectivity index (χ1v) is 8.51. The van der Waals surface area contributed by atoms with Gasteiger partial charge in [0.2, 0.25) is 0 Å². The van der Waals surface area contributed by atoms with E-state index in [0.717, 1.165) is 12.6 Å². The van der Waals surface area contributed by atoms with Gasteiger partial charge in [-0.2, -0.15) is 0 Å². The van der Waals surface area contributed by atoms with Crippen molar-refractivity contribution in [3.05, 3.63) is 34.9 Å². The maximum absolute atomic E-state index is 12.3. The van der Waals surface area contributed by atoms with Crippen molar-refractivity contribution < 1.29 is 9.69 Å². The van der Waals surface area contributed by atoms with Crippen molar-refractivity contribution in [2.24, 2.45) is 5.92 Å². The number of quaternary nitrogens is 1. The third-order valence-corrected chi connectivity index (χ3v) is 5.40. The molecule has 1 aromatic rings. The van der Waals surface area contributed by atoms with Gasteiger partial charge in [-0.05, 0) is 44.2 Å². The zero-order valence-corrected chi connectivity index (χ0v) is 13.2. The number of hydrogen-bond acceptors (Lipinski definition) is 1. The Labute approximate surface area is 131 Å². The molecule has 4 heteroatoms. The molecule has 3 atom stereocenters. The summed E-state index contributed by atoms with van der Waals surface area (Å²) in [6.45, 7) is 3.43. The Morgan fingerprint density at radius 2 is 2.00 bits per heavy atom. The first kappa shape index (κ1) is 14.9. The van der Waals surface area contributed by atoms with Gasteiger partial charge in [0.05, 0.1) is 29.7 Å². The molecule has 2 aliphatic heterocycles. The lowest BCUT2D eigenvalue weighted by Crippen LogP contribution is -3.18. The topological polar surface area (TPSA) is 33.5 Å². The summed E-state index contributed by atoms with van der Waals surface area (Å²) in [5.74, 6) is 0.587. The van der Waals surface area contributed by atoms with Crippen LogP contribution >= 0.6 is 11.6 Å². The Morgan fingerprint density at radius 3 is 2.86 bits per heavy atom. The fourth-order valence-electron chi connectivity index (χ4n) is 3.99. The van der Waals surface area contributed by atoms with Crippen LogP contribution in [-0.4, -0.2) is 31.6 Å². The number of halogens is 1. The highest BCUT2D eigenvalue weighted by Crippen LogP contribution is 2.20. The van der Waals surface area contributed by atoms with Gasteiger partial charge in [0.25, 0.3) is 5.91 Å². The molecule has 1 amide bonds. The SMILES string of the molecule is O=C(NC[C@H]1CCC[NH+]2CCCC[C@H]12)c1ccccc1Cl. The molecular weight excluding hydrogens is 284 g/mol. The Morgan fingerprint density at radius 1 is 1.19 bits per heavy atom. The molecule has 3 rings (SSSR count). The summed E-state index contributed by atoms with van der Waals surface area (Å²) < 4.78 is 0. The normalized spacial score (nSPS) is 28.7. The number of hydrogen-bond donors (Lipinski definition) is 2. The van der Waals surface area contributed by atoms with E-state index in [4.69, 9.17) is 11.6 Å². The van der Waals surface area contributed by atoms with Gasteiger partial charge in [-0.15, -0.1) is 0 Å². The number of fused-ring (bicyclic) bond motifs is 1. The van der Waals surface area contributed by atoms with E-state index in [0.29, 0.717) is 16.5 Å². The van der Waals surface area contributed by atoms with E-state index in [1.54, 1.807) is 17.0 Å². The lowest BCUT2D eigenvalue weighted by atomic mass is 9.83. The van der Waals surface area contributed by atoms with Crippen molar-refractivity contribution in [1.29, 1.82) is 0 Å². The van der Waals surface area contributed by atoms with Gasteiger partial charge in [-0.25, -0.2) is 0 Å². The van der Waals surface area contributed by atoms with E-state index < -0.39 is 0 Å². The summed E-state index contributed by atoms with van der Waals surface area (Å²) >= 11 is 6.09. The second-order valence-electron chi connectivity index (χ2n) is 6.35. The molecule has 1 unspecified atom stereocenters. The highest BCUT2D eigenvalue weighted by Gasteiger charge is 2.36. The molecule has 1 aromatic carbocycles. The standard InChI is InChI=1S/C17H23ClN2O/c18-15-8-2-1-7-14(15)17(21)19-12-13-6-5-11-20-10-4-3-9-16(13)20/h1-2,7-8,13,16H,3-6,9-12H2,(H,19,21)/p+1/t13-,16-/m1/s1. The monoisotopic (exact) mass is 307 g/mol. The summed E-state index contributed by atoms with van der Waals surface area (Å²) in [5, 5.41) is 3.64. The fraction of sp³-hybridized carbons (Fsp3) is 0.588. The average molecular weight is 308 g/mol. The van der Waals surface area contributed by atoms with Crippen LogP contribution in [0.3, 0.4) is 0 Å². The molecule has 0 saturated carbocycles. The molecule has 2 fully saturated rings. The molecule has 2 aliphatic rings. The lowest BCUT2D eigenvalue weighted by Gasteiger charge is -2.41. The van der Waals surface area contributed by atoms with E-state index in [1.807, 2.05) is 12.1 Å². The van der Waals surface area contributed by atoms with Gasteiger partial charge in [0.15, 0.2) is 0 Å². The van der Waals surface area contributed by atoms with Gasteiger partial charge in [0, 0.05) is 12.5 Å². The van der Waals surface area contributed by atoms with Gasteiger partial charge < -0.3 is 10.2 Å². The maximum atomic E-state index is 12.3. The molecule has 114 valence electrons. The number of carbonyl (C=O) groups excluding carboxylic acids is 1. The predicted octanol–water partition coefficient (Wildman–Crippen LogP) is 1.92. The van der Waals surface area contributed by atoms with Crippen molar-refractivity contribution in [2.75, 3.05) is 19.6 Å². The zero-order chi connectivity index (χ0) is 14.7. The molecule has 21 heavy (non-hydrogen) atoms. The van der Waals surface area contributed by atoms with Crippen LogP contribution in [0.5, 0.6) is 0 Å². The molecule has 3 nitrogen and oxygen atoms in total.